The van der Waals surface area contributed by atoms with Crippen molar-refractivity contribution in [2.75, 3.05) is 13.2 Å². The molecule has 29 heavy (non-hydrogen) atoms. The van der Waals surface area contributed by atoms with Gasteiger partial charge >= 0.3 is 6.18 Å². The molecule has 1 fully saturated rings. The Kier molecular flexibility index (Phi) is 5.03. The van der Waals surface area contributed by atoms with E-state index in [2.05, 4.69) is 10.1 Å². The number of nitrogens with zero attached hydrogens (tertiary/aromatic N) is 4. The average molecular weight is 421 g/mol. The van der Waals surface area contributed by atoms with Crippen LogP contribution in [0.15, 0.2) is 12.1 Å². The quantitative estimate of drug-likeness (QED) is 0.596. The molecule has 0 spiro atoms. The normalized spacial score (nSPS) is 25.8. The monoisotopic (exact) mass is 421 g/mol. The number of hydrogen-bond acceptors (Lipinski definition) is 5. The van der Waals surface area contributed by atoms with Crippen LogP contribution in [0.1, 0.15) is 29.7 Å². The number of rotatable bonds is 2. The van der Waals surface area contributed by atoms with Gasteiger partial charge in [-0.2, -0.15) is 13.2 Å². The molecule has 2 aromatic rings. The lowest BCUT2D eigenvalue weighted by atomic mass is 9.93. The Morgan fingerprint density at radius 2 is 1.79 bits per heavy atom. The molecular weight excluding hydrogens is 404 g/mol. The van der Waals surface area contributed by atoms with E-state index in [4.69, 9.17) is 10.5 Å². The van der Waals surface area contributed by atoms with Crippen LogP contribution in [0, 0.1) is 17.5 Å². The molecule has 1 aromatic carbocycles. The molecule has 0 aliphatic carbocycles. The van der Waals surface area contributed by atoms with Gasteiger partial charge in [0, 0.05) is 30.3 Å². The molecule has 4 rings (SSSR count). The van der Waals surface area contributed by atoms with Crippen LogP contribution < -0.4 is 5.73 Å². The summed E-state index contributed by atoms with van der Waals surface area (Å²) in [5.41, 5.74) is 5.94. The summed E-state index contributed by atoms with van der Waals surface area (Å²) in [6.45, 7) is 0.884. The van der Waals surface area contributed by atoms with Crippen molar-refractivity contribution in [3.05, 3.63) is 46.8 Å². The molecule has 158 valence electrons. The van der Waals surface area contributed by atoms with E-state index in [0.717, 1.165) is 6.07 Å². The fourth-order valence-corrected chi connectivity index (χ4v) is 3.76. The van der Waals surface area contributed by atoms with E-state index in [-0.39, 0.29) is 37.1 Å². The molecule has 1 aromatic heterocycles. The minimum atomic E-state index is -4.62. The molecule has 6 nitrogen and oxygen atoms in total. The molecule has 2 aliphatic heterocycles. The Labute approximate surface area is 161 Å². The highest BCUT2D eigenvalue weighted by atomic mass is 19.4. The van der Waals surface area contributed by atoms with E-state index in [1.165, 1.54) is 4.68 Å². The third-order valence-electron chi connectivity index (χ3n) is 5.21. The average Bonchev–Trinajstić information content (AvgIpc) is 3.09. The van der Waals surface area contributed by atoms with Crippen LogP contribution in [0.4, 0.5) is 26.3 Å². The first-order valence-electron chi connectivity index (χ1n) is 8.90. The zero-order chi connectivity index (χ0) is 20.9. The number of alkyl halides is 3. The summed E-state index contributed by atoms with van der Waals surface area (Å²) in [4.78, 5) is 5.44. The second-order valence-electron chi connectivity index (χ2n) is 7.14. The number of fused-ring (bicyclic) bond motifs is 1. The van der Waals surface area contributed by atoms with Crippen molar-refractivity contribution in [2.45, 2.75) is 43.9 Å². The number of aromatic nitrogens is 3. The molecular formula is C17H17F6N5O. The number of benzene rings is 1. The van der Waals surface area contributed by atoms with Crippen LogP contribution in [-0.4, -0.2) is 44.9 Å². The van der Waals surface area contributed by atoms with Crippen molar-refractivity contribution >= 4 is 0 Å². The van der Waals surface area contributed by atoms with Crippen molar-refractivity contribution in [3.63, 3.8) is 0 Å². The molecule has 3 atom stereocenters. The van der Waals surface area contributed by atoms with Gasteiger partial charge in [-0.15, -0.1) is 5.10 Å². The standard InChI is InChI=1S/C17H17F6N5O/c18-10-5-12(20)11(19)4-9(10)15-13(24)3-8(7-29-15)27-1-2-28-14(6-27)25-16(26-28)17(21,22)23/h4-5,8,13,15H,1-3,6-7,24H2/t8-,13?,15?/m1/s1. The first kappa shape index (κ1) is 20.1. The summed E-state index contributed by atoms with van der Waals surface area (Å²) >= 11 is 0. The van der Waals surface area contributed by atoms with Gasteiger partial charge in [0.1, 0.15) is 17.7 Å². The van der Waals surface area contributed by atoms with E-state index in [9.17, 15) is 26.3 Å². The van der Waals surface area contributed by atoms with E-state index < -0.39 is 41.6 Å². The predicted molar refractivity (Wildman–Crippen MR) is 86.8 cm³/mol. The smallest absolute Gasteiger partial charge is 0.370 e. The fraction of sp³-hybridized carbons (Fsp3) is 0.529. The molecule has 2 unspecified atom stereocenters. The van der Waals surface area contributed by atoms with Crippen LogP contribution in [0.2, 0.25) is 0 Å². The summed E-state index contributed by atoms with van der Waals surface area (Å²) in [5.74, 6) is -4.45. The van der Waals surface area contributed by atoms with Crippen LogP contribution >= 0.6 is 0 Å². The lowest BCUT2D eigenvalue weighted by Crippen LogP contribution is -2.51. The van der Waals surface area contributed by atoms with Crippen molar-refractivity contribution in [3.8, 4) is 0 Å². The molecule has 0 bridgehead atoms. The number of hydrogen-bond donors (Lipinski definition) is 1. The summed E-state index contributed by atoms with van der Waals surface area (Å²) in [6.07, 6.45) is -5.23. The Bertz CT molecular complexity index is 916. The van der Waals surface area contributed by atoms with E-state index in [1.807, 2.05) is 4.90 Å². The van der Waals surface area contributed by atoms with Crippen molar-refractivity contribution in [1.29, 1.82) is 0 Å². The zero-order valence-corrected chi connectivity index (χ0v) is 15.0. The van der Waals surface area contributed by atoms with E-state index >= 15 is 0 Å². The fourth-order valence-electron chi connectivity index (χ4n) is 3.76. The third kappa shape index (κ3) is 3.83. The molecule has 0 amide bonds. The Hall–Kier alpha value is -2.18. The lowest BCUT2D eigenvalue weighted by Gasteiger charge is -2.41. The maximum absolute atomic E-state index is 14.0. The number of halogens is 6. The molecule has 0 radical (unpaired) electrons. The van der Waals surface area contributed by atoms with E-state index in [0.29, 0.717) is 19.0 Å². The Morgan fingerprint density at radius 1 is 1.07 bits per heavy atom. The topological polar surface area (TPSA) is 69.2 Å². The van der Waals surface area contributed by atoms with Crippen molar-refractivity contribution in [1.82, 2.24) is 19.7 Å². The second kappa shape index (κ2) is 7.26. The number of ether oxygens (including phenoxy) is 1. The van der Waals surface area contributed by atoms with E-state index in [1.54, 1.807) is 0 Å². The SMILES string of the molecule is NC1C[C@@H](N2CCn3nc(C(F)(F)F)nc3C2)COC1c1cc(F)c(F)cc1F. The van der Waals surface area contributed by atoms with Crippen LogP contribution in [0.3, 0.4) is 0 Å². The maximum atomic E-state index is 14.0. The summed E-state index contributed by atoms with van der Waals surface area (Å²) in [7, 11) is 0. The summed E-state index contributed by atoms with van der Waals surface area (Å²) in [6, 6.07) is 0.230. The highest BCUT2D eigenvalue weighted by Crippen LogP contribution is 2.33. The molecule has 2 aliphatic rings. The maximum Gasteiger partial charge on any atom is 0.453 e. The third-order valence-corrected chi connectivity index (χ3v) is 5.21. The molecule has 0 saturated carbocycles. The highest BCUT2D eigenvalue weighted by molar-refractivity contribution is 5.24. The van der Waals surface area contributed by atoms with Gasteiger partial charge in [0.15, 0.2) is 11.6 Å². The van der Waals surface area contributed by atoms with Crippen LogP contribution in [0.5, 0.6) is 0 Å². The Morgan fingerprint density at radius 3 is 2.48 bits per heavy atom. The van der Waals surface area contributed by atoms with Gasteiger partial charge in [-0.1, -0.05) is 0 Å². The zero-order valence-electron chi connectivity index (χ0n) is 15.0. The van der Waals surface area contributed by atoms with Crippen molar-refractivity contribution in [2.24, 2.45) is 5.73 Å². The van der Waals surface area contributed by atoms with Crippen LogP contribution in [-0.2, 0) is 24.0 Å². The molecule has 12 heteroatoms. The van der Waals surface area contributed by atoms with Gasteiger partial charge < -0.3 is 10.5 Å². The predicted octanol–water partition coefficient (Wildman–Crippen LogP) is 2.39. The largest absolute Gasteiger partial charge is 0.453 e. The first-order chi connectivity index (χ1) is 13.6. The lowest BCUT2D eigenvalue weighted by molar-refractivity contribution is -0.145. The minimum Gasteiger partial charge on any atom is -0.370 e. The van der Waals surface area contributed by atoms with Gasteiger partial charge in [-0.3, -0.25) is 4.90 Å². The molecule has 2 N–H and O–H groups in total. The summed E-state index contributed by atoms with van der Waals surface area (Å²) in [5, 5.41) is 3.48. The van der Waals surface area contributed by atoms with Gasteiger partial charge in [-0.25, -0.2) is 22.8 Å². The van der Waals surface area contributed by atoms with Crippen LogP contribution in [0.25, 0.3) is 0 Å². The van der Waals surface area contributed by atoms with Crippen molar-refractivity contribution < 1.29 is 31.1 Å². The van der Waals surface area contributed by atoms with Gasteiger partial charge in [-0.05, 0) is 12.5 Å². The van der Waals surface area contributed by atoms with Gasteiger partial charge in [0.2, 0.25) is 0 Å². The van der Waals surface area contributed by atoms with Gasteiger partial charge in [0.05, 0.1) is 19.7 Å². The highest BCUT2D eigenvalue weighted by Gasteiger charge is 2.40. The van der Waals surface area contributed by atoms with Gasteiger partial charge in [0.25, 0.3) is 5.82 Å². The Balaban J connectivity index is 1.46. The molecule has 1 saturated heterocycles. The molecule has 3 heterocycles. The second-order valence-corrected chi connectivity index (χ2v) is 7.14. The number of nitrogens with two attached hydrogens (primary N) is 1. The minimum absolute atomic E-state index is 0.108. The first-order valence-corrected chi connectivity index (χ1v) is 8.90. The summed E-state index contributed by atoms with van der Waals surface area (Å²) < 4.78 is 85.9.